The van der Waals surface area contributed by atoms with Crippen molar-refractivity contribution < 1.29 is 4.92 Å². The molecule has 0 saturated heterocycles. The number of halogens is 1. The summed E-state index contributed by atoms with van der Waals surface area (Å²) >= 11 is 5.86. The fourth-order valence-corrected chi connectivity index (χ4v) is 1.83. The summed E-state index contributed by atoms with van der Waals surface area (Å²) in [7, 11) is 0. The van der Waals surface area contributed by atoms with Crippen molar-refractivity contribution in [3.8, 4) is 0 Å². The number of nitrogens with zero attached hydrogens (tertiary/aromatic N) is 1. The van der Waals surface area contributed by atoms with Crippen LogP contribution in [0, 0.1) is 10.1 Å². The van der Waals surface area contributed by atoms with Crippen molar-refractivity contribution in [1.82, 2.24) is 0 Å². The zero-order chi connectivity index (χ0) is 12.3. The van der Waals surface area contributed by atoms with Crippen molar-refractivity contribution in [2.24, 2.45) is 5.73 Å². The van der Waals surface area contributed by atoms with Gasteiger partial charge >= 0.3 is 0 Å². The molecule has 0 spiro atoms. The summed E-state index contributed by atoms with van der Waals surface area (Å²) < 4.78 is 0. The van der Waals surface area contributed by atoms with Crippen LogP contribution in [0.5, 0.6) is 0 Å². The Morgan fingerprint density at radius 1 is 1.50 bits per heavy atom. The van der Waals surface area contributed by atoms with E-state index >= 15 is 0 Å². The third kappa shape index (κ3) is 2.71. The van der Waals surface area contributed by atoms with Gasteiger partial charge in [0.1, 0.15) is 5.02 Å². The first kappa shape index (κ1) is 12.9. The second kappa shape index (κ2) is 4.80. The summed E-state index contributed by atoms with van der Waals surface area (Å²) in [5, 5.41) is 10.8. The van der Waals surface area contributed by atoms with Crippen LogP contribution in [-0.4, -0.2) is 11.5 Å². The summed E-state index contributed by atoms with van der Waals surface area (Å²) in [6, 6.07) is 4.82. The minimum absolute atomic E-state index is 0.0611. The number of hydrogen-bond acceptors (Lipinski definition) is 3. The molecule has 0 aliphatic carbocycles. The number of rotatable bonds is 4. The molecule has 0 unspecified atom stereocenters. The van der Waals surface area contributed by atoms with Crippen LogP contribution in [0.4, 0.5) is 5.69 Å². The lowest BCUT2D eigenvalue weighted by atomic mass is 9.81. The van der Waals surface area contributed by atoms with Crippen LogP contribution in [0.25, 0.3) is 0 Å². The molecule has 0 bridgehead atoms. The Labute approximate surface area is 99.6 Å². The summed E-state index contributed by atoms with van der Waals surface area (Å²) in [5.41, 5.74) is 6.31. The van der Waals surface area contributed by atoms with Crippen molar-refractivity contribution in [1.29, 1.82) is 0 Å². The first-order chi connectivity index (χ1) is 7.38. The van der Waals surface area contributed by atoms with E-state index in [4.69, 9.17) is 17.3 Å². The second-order valence-electron chi connectivity index (χ2n) is 4.35. The predicted molar refractivity (Wildman–Crippen MR) is 64.8 cm³/mol. The van der Waals surface area contributed by atoms with Crippen LogP contribution in [-0.2, 0) is 5.41 Å². The molecule has 0 amide bonds. The van der Waals surface area contributed by atoms with Crippen molar-refractivity contribution in [2.45, 2.75) is 25.7 Å². The fourth-order valence-electron chi connectivity index (χ4n) is 1.58. The zero-order valence-corrected chi connectivity index (χ0v) is 10.1. The monoisotopic (exact) mass is 242 g/mol. The molecule has 0 fully saturated rings. The third-order valence-electron chi connectivity index (χ3n) is 2.70. The largest absolute Gasteiger partial charge is 0.330 e. The Hall–Kier alpha value is -1.13. The molecule has 5 heteroatoms. The van der Waals surface area contributed by atoms with Gasteiger partial charge in [0.2, 0.25) is 0 Å². The van der Waals surface area contributed by atoms with Crippen molar-refractivity contribution >= 4 is 17.3 Å². The Balaban J connectivity index is 3.10. The summed E-state index contributed by atoms with van der Waals surface area (Å²) in [5.74, 6) is 0. The smallest absolute Gasteiger partial charge is 0.287 e. The van der Waals surface area contributed by atoms with Gasteiger partial charge in [-0.1, -0.05) is 31.5 Å². The normalized spacial score (nSPS) is 11.5. The van der Waals surface area contributed by atoms with Crippen LogP contribution in [0.1, 0.15) is 25.8 Å². The molecule has 1 rings (SSSR count). The fraction of sp³-hybridized carbons (Fsp3) is 0.455. The summed E-state index contributed by atoms with van der Waals surface area (Å²) in [4.78, 5) is 10.1. The van der Waals surface area contributed by atoms with Crippen LogP contribution in [0.3, 0.4) is 0 Å². The van der Waals surface area contributed by atoms with Gasteiger partial charge in [-0.2, -0.15) is 0 Å². The second-order valence-corrected chi connectivity index (χ2v) is 4.75. The molecule has 16 heavy (non-hydrogen) atoms. The first-order valence-corrected chi connectivity index (χ1v) is 5.41. The van der Waals surface area contributed by atoms with Gasteiger partial charge in [-0.3, -0.25) is 10.1 Å². The number of nitro groups is 1. The molecule has 4 nitrogen and oxygen atoms in total. The van der Waals surface area contributed by atoms with Gasteiger partial charge < -0.3 is 5.73 Å². The lowest BCUT2D eigenvalue weighted by molar-refractivity contribution is -0.384. The summed E-state index contributed by atoms with van der Waals surface area (Å²) in [6.45, 7) is 4.65. The molecular weight excluding hydrogens is 228 g/mol. The van der Waals surface area contributed by atoms with E-state index in [0.29, 0.717) is 6.54 Å². The topological polar surface area (TPSA) is 69.2 Å². The number of benzene rings is 1. The third-order valence-corrected chi connectivity index (χ3v) is 3.00. The van der Waals surface area contributed by atoms with Gasteiger partial charge in [0.25, 0.3) is 5.69 Å². The van der Waals surface area contributed by atoms with Crippen LogP contribution in [0.2, 0.25) is 5.02 Å². The highest BCUT2D eigenvalue weighted by atomic mass is 35.5. The summed E-state index contributed by atoms with van der Waals surface area (Å²) in [6.07, 6.45) is 0.807. The van der Waals surface area contributed by atoms with Crippen LogP contribution >= 0.6 is 11.6 Å². The highest BCUT2D eigenvalue weighted by Gasteiger charge is 2.22. The zero-order valence-electron chi connectivity index (χ0n) is 9.37. The first-order valence-electron chi connectivity index (χ1n) is 5.03. The molecule has 0 saturated carbocycles. The molecule has 1 aromatic carbocycles. The van der Waals surface area contributed by atoms with E-state index in [9.17, 15) is 10.1 Å². The maximum atomic E-state index is 10.6. The molecule has 0 heterocycles. The molecule has 88 valence electrons. The highest BCUT2D eigenvalue weighted by Crippen LogP contribution is 2.32. The maximum absolute atomic E-state index is 10.6. The quantitative estimate of drug-likeness (QED) is 0.652. The van der Waals surface area contributed by atoms with Gasteiger partial charge in [0, 0.05) is 6.07 Å². The number of nitro benzene ring substituents is 1. The van der Waals surface area contributed by atoms with E-state index < -0.39 is 4.92 Å². The SMILES string of the molecule is CC(C)(CCN)c1ccc([N+](=O)[O-])c(Cl)c1. The van der Waals surface area contributed by atoms with Gasteiger partial charge in [0.05, 0.1) is 4.92 Å². The molecule has 1 aromatic rings. The molecule has 0 atom stereocenters. The Morgan fingerprint density at radius 3 is 2.56 bits per heavy atom. The average molecular weight is 243 g/mol. The van der Waals surface area contributed by atoms with Gasteiger partial charge in [-0.15, -0.1) is 0 Å². The van der Waals surface area contributed by atoms with E-state index in [-0.39, 0.29) is 16.1 Å². The molecular formula is C11H15ClN2O2. The molecule has 0 aromatic heterocycles. The van der Waals surface area contributed by atoms with E-state index in [1.807, 2.05) is 13.8 Å². The number of nitrogens with two attached hydrogens (primary N) is 1. The highest BCUT2D eigenvalue weighted by molar-refractivity contribution is 6.32. The van der Waals surface area contributed by atoms with Gasteiger partial charge in [0.15, 0.2) is 0 Å². The van der Waals surface area contributed by atoms with E-state index in [1.54, 1.807) is 12.1 Å². The van der Waals surface area contributed by atoms with Gasteiger partial charge in [-0.25, -0.2) is 0 Å². The average Bonchev–Trinajstić information content (AvgIpc) is 2.16. The molecule has 0 aliphatic heterocycles. The predicted octanol–water partition coefficient (Wildman–Crippen LogP) is 2.87. The minimum Gasteiger partial charge on any atom is -0.330 e. The maximum Gasteiger partial charge on any atom is 0.287 e. The van der Waals surface area contributed by atoms with E-state index in [1.165, 1.54) is 6.07 Å². The molecule has 0 radical (unpaired) electrons. The minimum atomic E-state index is -0.484. The van der Waals surface area contributed by atoms with Crippen LogP contribution in [0.15, 0.2) is 18.2 Å². The Morgan fingerprint density at radius 2 is 2.12 bits per heavy atom. The van der Waals surface area contributed by atoms with Crippen molar-refractivity contribution in [2.75, 3.05) is 6.54 Å². The lowest BCUT2D eigenvalue weighted by Crippen LogP contribution is -2.21. The van der Waals surface area contributed by atoms with E-state index in [2.05, 4.69) is 0 Å². The van der Waals surface area contributed by atoms with Crippen molar-refractivity contribution in [3.05, 3.63) is 38.9 Å². The number of hydrogen-bond donors (Lipinski definition) is 1. The van der Waals surface area contributed by atoms with Crippen LogP contribution < -0.4 is 5.73 Å². The standard InChI is InChI=1S/C11H15ClN2O2/c1-11(2,5-6-13)8-3-4-10(14(15)16)9(12)7-8/h3-4,7H,5-6,13H2,1-2H3. The molecule has 2 N–H and O–H groups in total. The van der Waals surface area contributed by atoms with Gasteiger partial charge in [-0.05, 0) is 30.0 Å². The van der Waals surface area contributed by atoms with Crippen molar-refractivity contribution in [3.63, 3.8) is 0 Å². The Bertz CT molecular complexity index is 405. The van der Waals surface area contributed by atoms with E-state index in [0.717, 1.165) is 12.0 Å². The Kier molecular flexibility index (Phi) is 3.88. The molecule has 0 aliphatic rings. The lowest BCUT2D eigenvalue weighted by Gasteiger charge is -2.24.